The van der Waals surface area contributed by atoms with Gasteiger partial charge in [-0.05, 0) is 18.1 Å². The summed E-state index contributed by atoms with van der Waals surface area (Å²) in [6.07, 6.45) is 0.316. The molecule has 0 bridgehead atoms. The number of amides is 1. The molecule has 0 radical (unpaired) electrons. The Labute approximate surface area is 158 Å². The lowest BCUT2D eigenvalue weighted by molar-refractivity contribution is -0.384. The van der Waals surface area contributed by atoms with Gasteiger partial charge in [0.05, 0.1) is 10.6 Å². The van der Waals surface area contributed by atoms with Crippen LogP contribution in [0, 0.1) is 17.0 Å². The summed E-state index contributed by atoms with van der Waals surface area (Å²) in [5.41, 5.74) is 8.76. The van der Waals surface area contributed by atoms with E-state index < -0.39 is 4.92 Å². The highest BCUT2D eigenvalue weighted by Gasteiger charge is 2.31. The molecule has 3 N–H and O–H groups in total. The maximum absolute atomic E-state index is 12.3. The van der Waals surface area contributed by atoms with Gasteiger partial charge in [0.1, 0.15) is 0 Å². The maximum Gasteiger partial charge on any atom is 0.271 e. The standard InChI is InChI=1S/C20H24N4O3/c1-14-7-8-16(24(26)27)11-19(14)22-20(25)9-10-23-12-17(18(21)13-23)15-5-3-2-4-6-15/h2-8,11,17-18H,9-10,12-13,21H2,1H3,(H,22,25)/t17-,18+/m0/s1. The zero-order valence-corrected chi connectivity index (χ0v) is 15.3. The lowest BCUT2D eigenvalue weighted by Crippen LogP contribution is -2.30. The molecule has 0 aliphatic carbocycles. The number of nitro groups is 1. The first kappa shape index (κ1) is 19.0. The van der Waals surface area contributed by atoms with E-state index in [-0.39, 0.29) is 23.6 Å². The quantitative estimate of drug-likeness (QED) is 0.603. The molecule has 142 valence electrons. The monoisotopic (exact) mass is 368 g/mol. The summed E-state index contributed by atoms with van der Waals surface area (Å²) in [7, 11) is 0. The number of nitrogens with zero attached hydrogens (tertiary/aromatic N) is 2. The number of likely N-dealkylation sites (tertiary alicyclic amines) is 1. The zero-order chi connectivity index (χ0) is 19.4. The Kier molecular flexibility index (Phi) is 5.83. The van der Waals surface area contributed by atoms with Crippen LogP contribution in [0.1, 0.15) is 23.5 Å². The molecule has 0 aromatic heterocycles. The minimum absolute atomic E-state index is 0.0351. The molecule has 1 amide bonds. The molecule has 1 heterocycles. The molecule has 1 aliphatic heterocycles. The van der Waals surface area contributed by atoms with Gasteiger partial charge in [0.2, 0.25) is 5.91 Å². The van der Waals surface area contributed by atoms with Crippen LogP contribution in [0.5, 0.6) is 0 Å². The van der Waals surface area contributed by atoms with E-state index in [1.165, 1.54) is 17.7 Å². The van der Waals surface area contributed by atoms with E-state index in [0.29, 0.717) is 18.7 Å². The Morgan fingerprint density at radius 1 is 1.26 bits per heavy atom. The van der Waals surface area contributed by atoms with Gasteiger partial charge >= 0.3 is 0 Å². The second-order valence-electron chi connectivity index (χ2n) is 7.00. The number of nitro benzene ring substituents is 1. The first-order chi connectivity index (χ1) is 12.9. The summed E-state index contributed by atoms with van der Waals surface area (Å²) < 4.78 is 0. The average Bonchev–Trinajstić information content (AvgIpc) is 3.03. The third-order valence-electron chi connectivity index (χ3n) is 5.03. The van der Waals surface area contributed by atoms with Gasteiger partial charge in [0.15, 0.2) is 0 Å². The SMILES string of the molecule is Cc1ccc([N+](=O)[O-])cc1NC(=O)CCN1C[C@@H](N)[C@H](c2ccccc2)C1. The number of non-ortho nitro benzene ring substituents is 1. The van der Waals surface area contributed by atoms with E-state index in [0.717, 1.165) is 18.7 Å². The number of hydrogen-bond acceptors (Lipinski definition) is 5. The number of nitrogens with two attached hydrogens (primary N) is 1. The third kappa shape index (κ3) is 4.69. The van der Waals surface area contributed by atoms with Crippen molar-refractivity contribution in [2.75, 3.05) is 25.0 Å². The van der Waals surface area contributed by atoms with Crippen LogP contribution >= 0.6 is 0 Å². The molecule has 1 fully saturated rings. The van der Waals surface area contributed by atoms with Crippen LogP contribution < -0.4 is 11.1 Å². The molecule has 1 saturated heterocycles. The molecule has 3 rings (SSSR count). The fourth-order valence-electron chi connectivity index (χ4n) is 3.48. The predicted octanol–water partition coefficient (Wildman–Crippen LogP) is 2.66. The number of carbonyl (C=O) groups is 1. The van der Waals surface area contributed by atoms with Crippen LogP contribution in [0.3, 0.4) is 0 Å². The van der Waals surface area contributed by atoms with Gasteiger partial charge in [-0.1, -0.05) is 36.4 Å². The number of aryl methyl sites for hydroxylation is 1. The lowest BCUT2D eigenvalue weighted by Gasteiger charge is -2.16. The highest BCUT2D eigenvalue weighted by Crippen LogP contribution is 2.26. The van der Waals surface area contributed by atoms with Gasteiger partial charge in [-0.2, -0.15) is 0 Å². The number of benzene rings is 2. The Morgan fingerprint density at radius 3 is 2.70 bits per heavy atom. The number of rotatable bonds is 6. The second kappa shape index (κ2) is 8.28. The Morgan fingerprint density at radius 2 is 2.00 bits per heavy atom. The molecule has 0 saturated carbocycles. The third-order valence-corrected chi connectivity index (χ3v) is 5.03. The molecule has 2 aromatic carbocycles. The molecule has 0 unspecified atom stereocenters. The molecule has 7 nitrogen and oxygen atoms in total. The van der Waals surface area contributed by atoms with Crippen molar-refractivity contribution in [1.82, 2.24) is 4.90 Å². The minimum atomic E-state index is -0.468. The summed E-state index contributed by atoms with van der Waals surface area (Å²) in [5, 5.41) is 13.7. The first-order valence-corrected chi connectivity index (χ1v) is 9.02. The van der Waals surface area contributed by atoms with Crippen molar-refractivity contribution in [3.63, 3.8) is 0 Å². The highest BCUT2D eigenvalue weighted by molar-refractivity contribution is 5.92. The summed E-state index contributed by atoms with van der Waals surface area (Å²) >= 11 is 0. The number of carbonyl (C=O) groups excluding carboxylic acids is 1. The van der Waals surface area contributed by atoms with Crippen molar-refractivity contribution >= 4 is 17.3 Å². The topological polar surface area (TPSA) is 102 Å². The predicted molar refractivity (Wildman–Crippen MR) is 105 cm³/mol. The second-order valence-corrected chi connectivity index (χ2v) is 7.00. The normalized spacial score (nSPS) is 19.8. The lowest BCUT2D eigenvalue weighted by atomic mass is 9.95. The molecular formula is C20H24N4O3. The largest absolute Gasteiger partial charge is 0.326 e. The fraction of sp³-hybridized carbons (Fsp3) is 0.350. The Bertz CT molecular complexity index is 825. The van der Waals surface area contributed by atoms with Crippen LogP contribution in [0.2, 0.25) is 0 Å². The summed E-state index contributed by atoms with van der Waals surface area (Å²) in [5.74, 6) is 0.114. The number of nitrogens with one attached hydrogen (secondary N) is 1. The molecule has 1 aliphatic rings. The zero-order valence-electron chi connectivity index (χ0n) is 15.3. The summed E-state index contributed by atoms with van der Waals surface area (Å²) in [6.45, 7) is 4.00. The molecular weight excluding hydrogens is 344 g/mol. The molecule has 2 aromatic rings. The van der Waals surface area contributed by atoms with Gasteiger partial charge in [-0.3, -0.25) is 14.9 Å². The van der Waals surface area contributed by atoms with E-state index in [4.69, 9.17) is 5.73 Å². The number of hydrogen-bond donors (Lipinski definition) is 2. The Balaban J connectivity index is 1.54. The molecule has 7 heteroatoms. The van der Waals surface area contributed by atoms with Crippen molar-refractivity contribution in [2.45, 2.75) is 25.3 Å². The molecule has 27 heavy (non-hydrogen) atoms. The van der Waals surface area contributed by atoms with E-state index in [1.54, 1.807) is 6.07 Å². The fourth-order valence-corrected chi connectivity index (χ4v) is 3.48. The highest BCUT2D eigenvalue weighted by atomic mass is 16.6. The van der Waals surface area contributed by atoms with Crippen molar-refractivity contribution in [3.05, 3.63) is 69.8 Å². The van der Waals surface area contributed by atoms with Crippen molar-refractivity contribution in [3.8, 4) is 0 Å². The van der Waals surface area contributed by atoms with E-state index in [2.05, 4.69) is 22.3 Å². The average molecular weight is 368 g/mol. The molecule has 0 spiro atoms. The van der Waals surface area contributed by atoms with Crippen LogP contribution in [-0.2, 0) is 4.79 Å². The maximum atomic E-state index is 12.3. The minimum Gasteiger partial charge on any atom is -0.326 e. The summed E-state index contributed by atoms with van der Waals surface area (Å²) in [4.78, 5) is 24.9. The molecule has 2 atom stereocenters. The van der Waals surface area contributed by atoms with Crippen LogP contribution in [0.4, 0.5) is 11.4 Å². The van der Waals surface area contributed by atoms with Gasteiger partial charge in [-0.25, -0.2) is 0 Å². The van der Waals surface area contributed by atoms with Gasteiger partial charge in [0.25, 0.3) is 5.69 Å². The smallest absolute Gasteiger partial charge is 0.271 e. The van der Waals surface area contributed by atoms with Gasteiger partial charge in [-0.15, -0.1) is 0 Å². The van der Waals surface area contributed by atoms with Crippen molar-refractivity contribution < 1.29 is 9.72 Å². The van der Waals surface area contributed by atoms with Crippen LogP contribution in [-0.4, -0.2) is 41.4 Å². The first-order valence-electron chi connectivity index (χ1n) is 9.02. The van der Waals surface area contributed by atoms with Crippen molar-refractivity contribution in [2.24, 2.45) is 5.73 Å². The van der Waals surface area contributed by atoms with Crippen LogP contribution in [0.25, 0.3) is 0 Å². The van der Waals surface area contributed by atoms with Crippen LogP contribution in [0.15, 0.2) is 48.5 Å². The number of anilines is 1. The van der Waals surface area contributed by atoms with E-state index in [1.807, 2.05) is 25.1 Å². The van der Waals surface area contributed by atoms with E-state index >= 15 is 0 Å². The Hall–Kier alpha value is -2.77. The van der Waals surface area contributed by atoms with Crippen molar-refractivity contribution in [1.29, 1.82) is 0 Å². The van der Waals surface area contributed by atoms with Gasteiger partial charge < -0.3 is 16.0 Å². The summed E-state index contributed by atoms with van der Waals surface area (Å²) in [6, 6.07) is 14.7. The van der Waals surface area contributed by atoms with E-state index in [9.17, 15) is 14.9 Å². The van der Waals surface area contributed by atoms with Gasteiger partial charge in [0, 0.05) is 50.1 Å².